The van der Waals surface area contributed by atoms with Crippen LogP contribution in [-0.4, -0.2) is 72.2 Å². The molecular weight excluding hydrogens is 408 g/mol. The van der Waals surface area contributed by atoms with E-state index in [1.165, 1.54) is 0 Å². The first-order valence-corrected chi connectivity index (χ1v) is 11.1. The van der Waals surface area contributed by atoms with Crippen molar-refractivity contribution in [3.63, 3.8) is 0 Å². The number of carbonyl (C=O) groups is 1. The number of hydrogen-bond acceptors (Lipinski definition) is 7. The number of amides is 2. The lowest BCUT2D eigenvalue weighted by atomic mass is 10.1. The van der Waals surface area contributed by atoms with Crippen molar-refractivity contribution in [2.24, 2.45) is 0 Å². The highest BCUT2D eigenvalue weighted by Gasteiger charge is 2.23. The summed E-state index contributed by atoms with van der Waals surface area (Å²) in [7, 11) is 1.59. The molecule has 4 heterocycles. The molecule has 2 aromatic heterocycles. The summed E-state index contributed by atoms with van der Waals surface area (Å²) in [4.78, 5) is 23.7. The lowest BCUT2D eigenvalue weighted by Gasteiger charge is -2.27. The fourth-order valence-corrected chi connectivity index (χ4v) is 4.26. The zero-order valence-electron chi connectivity index (χ0n) is 18.2. The summed E-state index contributed by atoms with van der Waals surface area (Å²) in [5.74, 6) is 0.707. The molecule has 10 nitrogen and oxygen atoms in total. The zero-order chi connectivity index (χ0) is 21.9. The number of anilines is 2. The van der Waals surface area contributed by atoms with Gasteiger partial charge in [0.1, 0.15) is 0 Å². The molecule has 10 heteroatoms. The van der Waals surface area contributed by atoms with Gasteiger partial charge in [0.25, 0.3) is 0 Å². The first-order chi connectivity index (χ1) is 15.7. The molecule has 5 rings (SSSR count). The van der Waals surface area contributed by atoms with Crippen LogP contribution in [0.4, 0.5) is 16.4 Å². The first kappa shape index (κ1) is 20.7. The number of hydrogen-bond donors (Lipinski definition) is 3. The van der Waals surface area contributed by atoms with Crippen molar-refractivity contribution >= 4 is 28.7 Å². The van der Waals surface area contributed by atoms with Gasteiger partial charge in [0.05, 0.1) is 36.5 Å². The molecule has 168 valence electrons. The van der Waals surface area contributed by atoms with Crippen LogP contribution in [0.5, 0.6) is 0 Å². The van der Waals surface area contributed by atoms with Crippen molar-refractivity contribution in [1.82, 2.24) is 30.4 Å². The second-order valence-electron chi connectivity index (χ2n) is 8.06. The molecule has 0 unspecified atom stereocenters. The van der Waals surface area contributed by atoms with Crippen molar-refractivity contribution < 1.29 is 9.53 Å². The van der Waals surface area contributed by atoms with Gasteiger partial charge in [-0.15, -0.1) is 0 Å². The van der Waals surface area contributed by atoms with E-state index in [-0.39, 0.29) is 6.03 Å². The van der Waals surface area contributed by atoms with Crippen molar-refractivity contribution in [3.05, 3.63) is 30.5 Å². The highest BCUT2D eigenvalue weighted by atomic mass is 16.5. The van der Waals surface area contributed by atoms with Gasteiger partial charge in [0.15, 0.2) is 5.65 Å². The molecule has 2 saturated heterocycles. The molecule has 2 amide bonds. The normalized spacial score (nSPS) is 17.5. The standard InChI is InChI=1S/C22H28N8O2/c1-23-22(31)26-16-4-2-15(3-5-16)19-18-14-25-30(17-6-8-24-9-7-17)20(18)28-21(27-19)29-10-12-32-13-11-29/h2-5,14,17,24H,6-13H2,1H3,(H2,23,26,31). The van der Waals surface area contributed by atoms with Crippen LogP contribution in [0.15, 0.2) is 30.5 Å². The summed E-state index contributed by atoms with van der Waals surface area (Å²) in [6.45, 7) is 4.84. The Morgan fingerprint density at radius 2 is 1.88 bits per heavy atom. The number of nitrogens with one attached hydrogen (secondary N) is 3. The number of nitrogens with zero attached hydrogens (tertiary/aromatic N) is 5. The fraction of sp³-hybridized carbons (Fsp3) is 0.455. The van der Waals surface area contributed by atoms with Gasteiger partial charge in [-0.1, -0.05) is 12.1 Å². The summed E-state index contributed by atoms with van der Waals surface area (Å²) >= 11 is 0. The van der Waals surface area contributed by atoms with E-state index in [0.29, 0.717) is 25.2 Å². The maximum atomic E-state index is 11.6. The molecule has 0 spiro atoms. The molecule has 1 aromatic carbocycles. The summed E-state index contributed by atoms with van der Waals surface area (Å²) in [6, 6.07) is 7.78. The van der Waals surface area contributed by atoms with E-state index in [0.717, 1.165) is 67.0 Å². The quantitative estimate of drug-likeness (QED) is 0.574. The van der Waals surface area contributed by atoms with Gasteiger partial charge >= 0.3 is 6.03 Å². The number of ether oxygens (including phenoxy) is 1. The van der Waals surface area contributed by atoms with Gasteiger partial charge < -0.3 is 25.6 Å². The Morgan fingerprint density at radius 1 is 1.12 bits per heavy atom. The maximum Gasteiger partial charge on any atom is 0.318 e. The largest absolute Gasteiger partial charge is 0.378 e. The summed E-state index contributed by atoms with van der Waals surface area (Å²) < 4.78 is 7.60. The van der Waals surface area contributed by atoms with Crippen LogP contribution in [0.1, 0.15) is 18.9 Å². The number of urea groups is 1. The number of benzene rings is 1. The average Bonchev–Trinajstić information content (AvgIpc) is 3.29. The van der Waals surface area contributed by atoms with Gasteiger partial charge in [-0.2, -0.15) is 10.1 Å². The number of fused-ring (bicyclic) bond motifs is 1. The minimum absolute atomic E-state index is 0.250. The SMILES string of the molecule is CNC(=O)Nc1ccc(-c2nc(N3CCOCC3)nc3c2cnn3C2CCNCC2)cc1. The van der Waals surface area contributed by atoms with Crippen molar-refractivity contribution in [2.75, 3.05) is 56.7 Å². The zero-order valence-corrected chi connectivity index (χ0v) is 18.2. The molecule has 2 aliphatic heterocycles. The van der Waals surface area contributed by atoms with Crippen molar-refractivity contribution in [2.45, 2.75) is 18.9 Å². The molecular formula is C22H28N8O2. The van der Waals surface area contributed by atoms with E-state index < -0.39 is 0 Å². The minimum atomic E-state index is -0.250. The van der Waals surface area contributed by atoms with Crippen molar-refractivity contribution in [3.8, 4) is 11.3 Å². The lowest BCUT2D eigenvalue weighted by Crippen LogP contribution is -2.37. The molecule has 2 fully saturated rings. The van der Waals surface area contributed by atoms with E-state index in [4.69, 9.17) is 19.8 Å². The van der Waals surface area contributed by atoms with Gasteiger partial charge in [0.2, 0.25) is 5.95 Å². The second-order valence-corrected chi connectivity index (χ2v) is 8.06. The second kappa shape index (κ2) is 9.09. The molecule has 0 bridgehead atoms. The number of morpholine rings is 1. The van der Waals surface area contributed by atoms with E-state index in [1.807, 2.05) is 30.5 Å². The van der Waals surface area contributed by atoms with Gasteiger partial charge in [-0.25, -0.2) is 14.5 Å². The van der Waals surface area contributed by atoms with Crippen LogP contribution in [0.3, 0.4) is 0 Å². The predicted molar refractivity (Wildman–Crippen MR) is 123 cm³/mol. The third-order valence-corrected chi connectivity index (χ3v) is 6.03. The topological polar surface area (TPSA) is 109 Å². The smallest absolute Gasteiger partial charge is 0.318 e. The summed E-state index contributed by atoms with van der Waals surface area (Å²) in [5, 5.41) is 14.4. The Labute approximate surface area is 186 Å². The Bertz CT molecular complexity index is 1090. The summed E-state index contributed by atoms with van der Waals surface area (Å²) in [6.07, 6.45) is 3.94. The Balaban J connectivity index is 1.57. The predicted octanol–water partition coefficient (Wildman–Crippen LogP) is 2.01. The first-order valence-electron chi connectivity index (χ1n) is 11.1. The molecule has 0 radical (unpaired) electrons. The van der Waals surface area contributed by atoms with Crippen LogP contribution in [-0.2, 0) is 4.74 Å². The van der Waals surface area contributed by atoms with Crippen LogP contribution in [0.25, 0.3) is 22.3 Å². The van der Waals surface area contributed by atoms with Crippen LogP contribution >= 0.6 is 0 Å². The highest BCUT2D eigenvalue weighted by molar-refractivity contribution is 5.93. The van der Waals surface area contributed by atoms with Crippen molar-refractivity contribution in [1.29, 1.82) is 0 Å². The molecule has 0 aliphatic carbocycles. The number of carbonyl (C=O) groups excluding carboxylic acids is 1. The number of piperidine rings is 1. The highest BCUT2D eigenvalue weighted by Crippen LogP contribution is 2.32. The Hall–Kier alpha value is -3.24. The summed E-state index contributed by atoms with van der Waals surface area (Å²) in [5.41, 5.74) is 3.40. The van der Waals surface area contributed by atoms with Gasteiger partial charge in [-0.05, 0) is 38.1 Å². The van der Waals surface area contributed by atoms with E-state index in [9.17, 15) is 4.79 Å². The van der Waals surface area contributed by atoms with E-state index >= 15 is 0 Å². The third kappa shape index (κ3) is 4.11. The fourth-order valence-electron chi connectivity index (χ4n) is 4.26. The number of rotatable bonds is 4. The van der Waals surface area contributed by atoms with Crippen LogP contribution in [0.2, 0.25) is 0 Å². The Morgan fingerprint density at radius 3 is 2.59 bits per heavy atom. The van der Waals surface area contributed by atoms with Crippen LogP contribution < -0.4 is 20.9 Å². The van der Waals surface area contributed by atoms with E-state index in [2.05, 4.69) is 25.5 Å². The molecule has 3 N–H and O–H groups in total. The minimum Gasteiger partial charge on any atom is -0.378 e. The van der Waals surface area contributed by atoms with Gasteiger partial charge in [-0.3, -0.25) is 0 Å². The van der Waals surface area contributed by atoms with E-state index in [1.54, 1.807) is 7.05 Å². The Kier molecular flexibility index (Phi) is 5.87. The monoisotopic (exact) mass is 436 g/mol. The molecule has 32 heavy (non-hydrogen) atoms. The maximum absolute atomic E-state index is 11.6. The van der Waals surface area contributed by atoms with Gasteiger partial charge in [0, 0.05) is 31.4 Å². The molecule has 0 atom stereocenters. The molecule has 0 saturated carbocycles. The molecule has 3 aromatic rings. The van der Waals surface area contributed by atoms with Crippen LogP contribution in [0, 0.1) is 0 Å². The third-order valence-electron chi connectivity index (χ3n) is 6.03. The lowest BCUT2D eigenvalue weighted by molar-refractivity contribution is 0.122. The molecule has 2 aliphatic rings. The number of aromatic nitrogens is 4. The average molecular weight is 437 g/mol.